The van der Waals surface area contributed by atoms with Gasteiger partial charge < -0.3 is 5.11 Å². The Labute approximate surface area is 155 Å². The molecule has 1 aromatic heterocycles. The van der Waals surface area contributed by atoms with E-state index >= 15 is 0 Å². The summed E-state index contributed by atoms with van der Waals surface area (Å²) in [4.78, 5) is 17.5. The van der Waals surface area contributed by atoms with Gasteiger partial charge in [-0.25, -0.2) is 4.98 Å². The smallest absolute Gasteiger partial charge is 0.262 e. The first-order valence-corrected chi connectivity index (χ1v) is 8.51. The van der Waals surface area contributed by atoms with Crippen LogP contribution in [-0.2, 0) is 0 Å². The third kappa shape index (κ3) is 2.95. The Hall–Kier alpha value is -3.11. The van der Waals surface area contributed by atoms with Gasteiger partial charge in [0.2, 0.25) is 0 Å². The zero-order valence-electron chi connectivity index (χ0n) is 13.7. The molecule has 1 unspecified atom stereocenters. The van der Waals surface area contributed by atoms with E-state index < -0.39 is 0 Å². The third-order valence-electron chi connectivity index (χ3n) is 4.36. The van der Waals surface area contributed by atoms with Crippen molar-refractivity contribution in [3.8, 4) is 5.75 Å². The number of rotatable bonds is 3. The molecule has 4 aromatic rings. The largest absolute Gasteiger partial charge is 0.508 e. The topological polar surface area (TPSA) is 55.1 Å². The van der Waals surface area contributed by atoms with Crippen molar-refractivity contribution >= 4 is 22.5 Å². The van der Waals surface area contributed by atoms with E-state index in [0.29, 0.717) is 15.9 Å². The average Bonchev–Trinajstić information content (AvgIpc) is 2.67. The van der Waals surface area contributed by atoms with Crippen LogP contribution in [0.15, 0.2) is 83.9 Å². The number of hydrogen-bond donors (Lipinski definition) is 1. The molecule has 1 N–H and O–H groups in total. The summed E-state index contributed by atoms with van der Waals surface area (Å²) < 4.78 is 1.61. The zero-order valence-corrected chi connectivity index (χ0v) is 14.5. The highest BCUT2D eigenvalue weighted by Crippen LogP contribution is 2.28. The van der Waals surface area contributed by atoms with E-state index in [9.17, 15) is 9.90 Å². The SMILES string of the molecule is O=c1c2ccccc2ncn1C(c1ccc(O)cc1)c1ccc(Cl)cc1. The van der Waals surface area contributed by atoms with Gasteiger partial charge >= 0.3 is 0 Å². The lowest BCUT2D eigenvalue weighted by molar-refractivity contribution is 0.474. The van der Waals surface area contributed by atoms with Gasteiger partial charge in [0, 0.05) is 5.02 Å². The minimum Gasteiger partial charge on any atom is -0.508 e. The van der Waals surface area contributed by atoms with E-state index in [2.05, 4.69) is 4.98 Å². The van der Waals surface area contributed by atoms with Gasteiger partial charge in [-0.15, -0.1) is 0 Å². The molecule has 4 nitrogen and oxygen atoms in total. The van der Waals surface area contributed by atoms with Crippen LogP contribution in [0.5, 0.6) is 5.75 Å². The van der Waals surface area contributed by atoms with Crippen molar-refractivity contribution in [3.63, 3.8) is 0 Å². The third-order valence-corrected chi connectivity index (χ3v) is 4.61. The summed E-state index contributed by atoms with van der Waals surface area (Å²) in [6.45, 7) is 0. The molecule has 1 atom stereocenters. The summed E-state index contributed by atoms with van der Waals surface area (Å²) in [5.74, 6) is 0.174. The number of fused-ring (bicyclic) bond motifs is 1. The predicted molar refractivity (Wildman–Crippen MR) is 103 cm³/mol. The van der Waals surface area contributed by atoms with Crippen LogP contribution >= 0.6 is 11.6 Å². The number of nitrogens with zero attached hydrogens (tertiary/aromatic N) is 2. The summed E-state index contributed by atoms with van der Waals surface area (Å²) in [5.41, 5.74) is 2.31. The first-order valence-electron chi connectivity index (χ1n) is 8.14. The molecule has 128 valence electrons. The molecule has 0 amide bonds. The summed E-state index contributed by atoms with van der Waals surface area (Å²) in [7, 11) is 0. The first kappa shape index (κ1) is 16.4. The summed E-state index contributed by atoms with van der Waals surface area (Å²) in [6.07, 6.45) is 1.57. The van der Waals surface area contributed by atoms with Crippen molar-refractivity contribution in [2.75, 3.05) is 0 Å². The Bertz CT molecular complexity index is 1070. The highest BCUT2D eigenvalue weighted by molar-refractivity contribution is 6.30. The van der Waals surface area contributed by atoms with Gasteiger partial charge in [0.25, 0.3) is 5.56 Å². The molecular weight excluding hydrogens is 348 g/mol. The minimum absolute atomic E-state index is 0.122. The van der Waals surface area contributed by atoms with Gasteiger partial charge in [-0.2, -0.15) is 0 Å². The Morgan fingerprint density at radius 2 is 1.50 bits per heavy atom. The second-order valence-electron chi connectivity index (χ2n) is 6.02. The number of aromatic nitrogens is 2. The fraction of sp³-hybridized carbons (Fsp3) is 0.0476. The fourth-order valence-corrected chi connectivity index (χ4v) is 3.21. The van der Waals surface area contributed by atoms with Gasteiger partial charge in [-0.1, -0.05) is 48.0 Å². The molecular formula is C21H15ClN2O2. The lowest BCUT2D eigenvalue weighted by atomic mass is 9.98. The highest BCUT2D eigenvalue weighted by Gasteiger charge is 2.19. The number of phenolic OH excluding ortho intramolecular Hbond substituents is 1. The van der Waals surface area contributed by atoms with Gasteiger partial charge in [-0.05, 0) is 47.5 Å². The lowest BCUT2D eigenvalue weighted by Gasteiger charge is -2.21. The number of aromatic hydroxyl groups is 1. The van der Waals surface area contributed by atoms with Crippen LogP contribution in [0.2, 0.25) is 5.02 Å². The van der Waals surface area contributed by atoms with Crippen LogP contribution in [0, 0.1) is 0 Å². The monoisotopic (exact) mass is 362 g/mol. The maximum Gasteiger partial charge on any atom is 0.262 e. The van der Waals surface area contributed by atoms with Crippen molar-refractivity contribution in [1.82, 2.24) is 9.55 Å². The quantitative estimate of drug-likeness (QED) is 0.588. The van der Waals surface area contributed by atoms with E-state index in [4.69, 9.17) is 11.6 Å². The number of para-hydroxylation sites is 1. The molecule has 0 aliphatic carbocycles. The van der Waals surface area contributed by atoms with Crippen LogP contribution in [0.25, 0.3) is 10.9 Å². The van der Waals surface area contributed by atoms with Crippen LogP contribution in [0.4, 0.5) is 0 Å². The molecule has 0 saturated heterocycles. The van der Waals surface area contributed by atoms with Crippen LogP contribution < -0.4 is 5.56 Å². The van der Waals surface area contributed by atoms with Crippen LogP contribution in [0.1, 0.15) is 17.2 Å². The molecule has 0 bridgehead atoms. The maximum atomic E-state index is 13.1. The molecule has 3 aromatic carbocycles. The molecule has 0 aliphatic heterocycles. The molecule has 0 saturated carbocycles. The zero-order chi connectivity index (χ0) is 18.1. The number of halogens is 1. The number of benzene rings is 3. The molecule has 0 fully saturated rings. The van der Waals surface area contributed by atoms with E-state index in [1.54, 1.807) is 53.4 Å². The Morgan fingerprint density at radius 1 is 0.885 bits per heavy atom. The maximum absolute atomic E-state index is 13.1. The predicted octanol–water partition coefficient (Wildman–Crippen LogP) is 4.39. The van der Waals surface area contributed by atoms with Crippen molar-refractivity contribution < 1.29 is 5.11 Å². The standard InChI is InChI=1S/C21H15ClN2O2/c22-16-9-5-14(6-10-16)20(15-7-11-17(25)12-8-15)24-13-23-19-4-2-1-3-18(19)21(24)26/h1-13,20,25H. The minimum atomic E-state index is -0.377. The lowest BCUT2D eigenvalue weighted by Crippen LogP contribution is -2.26. The van der Waals surface area contributed by atoms with Crippen molar-refractivity contribution in [2.24, 2.45) is 0 Å². The second kappa shape index (κ2) is 6.65. The first-order chi connectivity index (χ1) is 12.6. The normalized spacial score (nSPS) is 12.2. The second-order valence-corrected chi connectivity index (χ2v) is 6.46. The highest BCUT2D eigenvalue weighted by atomic mass is 35.5. The average molecular weight is 363 g/mol. The number of phenols is 1. The molecule has 0 radical (unpaired) electrons. The summed E-state index contributed by atoms with van der Waals surface area (Å²) in [5, 5.41) is 10.8. The van der Waals surface area contributed by atoms with Gasteiger partial charge in [0.15, 0.2) is 0 Å². The number of hydrogen-bond acceptors (Lipinski definition) is 3. The molecule has 1 heterocycles. The van der Waals surface area contributed by atoms with Crippen LogP contribution in [-0.4, -0.2) is 14.7 Å². The summed E-state index contributed by atoms with van der Waals surface area (Å²) in [6, 6.07) is 21.1. The van der Waals surface area contributed by atoms with E-state index in [-0.39, 0.29) is 17.4 Å². The van der Waals surface area contributed by atoms with Gasteiger partial charge in [0.1, 0.15) is 5.75 Å². The Balaban J connectivity index is 1.96. The van der Waals surface area contributed by atoms with E-state index in [1.807, 2.05) is 30.3 Å². The molecule has 0 aliphatic rings. The van der Waals surface area contributed by atoms with E-state index in [0.717, 1.165) is 11.1 Å². The van der Waals surface area contributed by atoms with Crippen LogP contribution in [0.3, 0.4) is 0 Å². The van der Waals surface area contributed by atoms with Crippen molar-refractivity contribution in [3.05, 3.63) is 106 Å². The molecule has 4 rings (SSSR count). The van der Waals surface area contributed by atoms with Crippen molar-refractivity contribution in [1.29, 1.82) is 0 Å². The Kier molecular flexibility index (Phi) is 4.19. The van der Waals surface area contributed by atoms with Gasteiger partial charge in [0.05, 0.1) is 23.3 Å². The summed E-state index contributed by atoms with van der Waals surface area (Å²) >= 11 is 6.02. The Morgan fingerprint density at radius 3 is 2.19 bits per heavy atom. The molecule has 26 heavy (non-hydrogen) atoms. The molecule has 5 heteroatoms. The molecule has 0 spiro atoms. The van der Waals surface area contributed by atoms with Crippen molar-refractivity contribution in [2.45, 2.75) is 6.04 Å². The van der Waals surface area contributed by atoms with E-state index in [1.165, 1.54) is 0 Å². The van der Waals surface area contributed by atoms with Gasteiger partial charge in [-0.3, -0.25) is 9.36 Å². The fourth-order valence-electron chi connectivity index (χ4n) is 3.08.